The standard InChI is InChI=1S/C21H30N6O/c1-25-12-5-6-17(16-25)21-24-23-19-10-13-26(14-15-27(19)21)20(28)9-4-8-18-7-2-3-11-22-18/h2-3,7,11,17H,4-6,8-10,12-16H2,1H3/t17-/m1/s1. The van der Waals surface area contributed by atoms with Crippen molar-refractivity contribution >= 4 is 5.91 Å². The number of carbonyl (C=O) groups excluding carboxylic acids is 1. The van der Waals surface area contributed by atoms with Gasteiger partial charge in [0, 0.05) is 56.8 Å². The number of rotatable bonds is 5. The van der Waals surface area contributed by atoms with Crippen LogP contribution in [-0.4, -0.2) is 68.7 Å². The number of nitrogens with zero attached hydrogens (tertiary/aromatic N) is 6. The highest BCUT2D eigenvalue weighted by Crippen LogP contribution is 2.26. The third kappa shape index (κ3) is 4.41. The molecule has 2 aromatic heterocycles. The zero-order valence-corrected chi connectivity index (χ0v) is 16.8. The fourth-order valence-electron chi connectivity index (χ4n) is 4.40. The number of piperidine rings is 1. The maximum absolute atomic E-state index is 12.7. The zero-order chi connectivity index (χ0) is 19.3. The van der Waals surface area contributed by atoms with E-state index in [0.717, 1.165) is 69.3 Å². The van der Waals surface area contributed by atoms with E-state index >= 15 is 0 Å². The van der Waals surface area contributed by atoms with Gasteiger partial charge >= 0.3 is 0 Å². The summed E-state index contributed by atoms with van der Waals surface area (Å²) in [5, 5.41) is 8.99. The Labute approximate surface area is 166 Å². The Balaban J connectivity index is 1.32. The van der Waals surface area contributed by atoms with E-state index in [2.05, 4.69) is 31.7 Å². The topological polar surface area (TPSA) is 67.2 Å². The third-order valence-corrected chi connectivity index (χ3v) is 5.95. The van der Waals surface area contributed by atoms with Gasteiger partial charge in [0.15, 0.2) is 0 Å². The van der Waals surface area contributed by atoms with Crippen molar-refractivity contribution in [2.24, 2.45) is 0 Å². The Morgan fingerprint density at radius 1 is 1.18 bits per heavy atom. The van der Waals surface area contributed by atoms with E-state index in [-0.39, 0.29) is 5.91 Å². The fourth-order valence-corrected chi connectivity index (χ4v) is 4.40. The number of hydrogen-bond acceptors (Lipinski definition) is 5. The van der Waals surface area contributed by atoms with Crippen LogP contribution in [-0.2, 0) is 24.2 Å². The van der Waals surface area contributed by atoms with Gasteiger partial charge in [0.1, 0.15) is 11.6 Å². The number of fused-ring (bicyclic) bond motifs is 1. The molecule has 0 unspecified atom stereocenters. The first-order valence-corrected chi connectivity index (χ1v) is 10.5. The van der Waals surface area contributed by atoms with Gasteiger partial charge in [0.25, 0.3) is 0 Å². The highest BCUT2D eigenvalue weighted by molar-refractivity contribution is 5.76. The maximum Gasteiger partial charge on any atom is 0.222 e. The van der Waals surface area contributed by atoms with Gasteiger partial charge < -0.3 is 14.4 Å². The third-order valence-electron chi connectivity index (χ3n) is 5.95. The van der Waals surface area contributed by atoms with E-state index < -0.39 is 0 Å². The van der Waals surface area contributed by atoms with E-state index in [0.29, 0.717) is 12.3 Å². The second-order valence-corrected chi connectivity index (χ2v) is 8.03. The van der Waals surface area contributed by atoms with Crippen LogP contribution < -0.4 is 0 Å². The predicted octanol–water partition coefficient (Wildman–Crippen LogP) is 1.89. The Kier molecular flexibility index (Phi) is 6.00. The second-order valence-electron chi connectivity index (χ2n) is 8.03. The number of pyridine rings is 1. The molecule has 7 heteroatoms. The molecule has 7 nitrogen and oxygen atoms in total. The molecular formula is C21H30N6O. The molecule has 0 aliphatic carbocycles. The lowest BCUT2D eigenvalue weighted by Crippen LogP contribution is -2.34. The van der Waals surface area contributed by atoms with Crippen LogP contribution >= 0.6 is 0 Å². The molecule has 4 rings (SSSR count). The van der Waals surface area contributed by atoms with Crippen molar-refractivity contribution in [3.63, 3.8) is 0 Å². The van der Waals surface area contributed by atoms with E-state index in [1.807, 2.05) is 29.3 Å². The highest BCUT2D eigenvalue weighted by atomic mass is 16.2. The minimum absolute atomic E-state index is 0.244. The quantitative estimate of drug-likeness (QED) is 0.790. The summed E-state index contributed by atoms with van der Waals surface area (Å²) in [6, 6.07) is 5.94. The fraction of sp³-hybridized carbons (Fsp3) is 0.619. The molecule has 0 aromatic carbocycles. The molecule has 1 fully saturated rings. The Morgan fingerprint density at radius 3 is 2.93 bits per heavy atom. The number of aryl methyl sites for hydroxylation is 1. The van der Waals surface area contributed by atoms with Crippen LogP contribution in [0, 0.1) is 0 Å². The summed E-state index contributed by atoms with van der Waals surface area (Å²) < 4.78 is 2.28. The lowest BCUT2D eigenvalue weighted by molar-refractivity contribution is -0.131. The number of aromatic nitrogens is 4. The van der Waals surface area contributed by atoms with Crippen molar-refractivity contribution in [1.82, 2.24) is 29.5 Å². The second kappa shape index (κ2) is 8.82. The Morgan fingerprint density at radius 2 is 2.11 bits per heavy atom. The minimum Gasteiger partial charge on any atom is -0.340 e. The van der Waals surface area contributed by atoms with Gasteiger partial charge in [-0.2, -0.15) is 0 Å². The van der Waals surface area contributed by atoms with E-state index in [1.54, 1.807) is 0 Å². The summed E-state index contributed by atoms with van der Waals surface area (Å²) in [4.78, 5) is 21.4. The first kappa shape index (κ1) is 19.1. The van der Waals surface area contributed by atoms with E-state index in [1.165, 1.54) is 12.8 Å². The normalized spacial score (nSPS) is 20.6. The van der Waals surface area contributed by atoms with Crippen LogP contribution in [0.1, 0.15) is 48.9 Å². The highest BCUT2D eigenvalue weighted by Gasteiger charge is 2.27. The van der Waals surface area contributed by atoms with Crippen molar-refractivity contribution in [2.45, 2.75) is 51.0 Å². The minimum atomic E-state index is 0.244. The first-order valence-electron chi connectivity index (χ1n) is 10.5. The molecule has 0 N–H and O–H groups in total. The van der Waals surface area contributed by atoms with Crippen LogP contribution in [0.5, 0.6) is 0 Å². The van der Waals surface area contributed by atoms with Gasteiger partial charge in [-0.15, -0.1) is 10.2 Å². The summed E-state index contributed by atoms with van der Waals surface area (Å²) >= 11 is 0. The number of likely N-dealkylation sites (N-methyl/N-ethyl adjacent to an activating group) is 1. The largest absolute Gasteiger partial charge is 0.340 e. The molecule has 2 aromatic rings. The van der Waals surface area contributed by atoms with Crippen molar-refractivity contribution < 1.29 is 4.79 Å². The first-order chi connectivity index (χ1) is 13.7. The molecule has 2 aliphatic heterocycles. The molecule has 2 aliphatic rings. The smallest absolute Gasteiger partial charge is 0.222 e. The predicted molar refractivity (Wildman–Crippen MR) is 107 cm³/mol. The Hall–Kier alpha value is -2.28. The molecule has 0 spiro atoms. The van der Waals surface area contributed by atoms with Gasteiger partial charge in [-0.25, -0.2) is 0 Å². The molecular weight excluding hydrogens is 352 g/mol. The summed E-state index contributed by atoms with van der Waals surface area (Å²) in [5.74, 6) is 2.85. The summed E-state index contributed by atoms with van der Waals surface area (Å²) in [7, 11) is 2.18. The van der Waals surface area contributed by atoms with Gasteiger partial charge in [-0.1, -0.05) is 6.07 Å². The van der Waals surface area contributed by atoms with Crippen molar-refractivity contribution in [3.05, 3.63) is 41.7 Å². The number of likely N-dealkylation sites (tertiary alicyclic amines) is 1. The van der Waals surface area contributed by atoms with Gasteiger partial charge in [-0.3, -0.25) is 9.78 Å². The van der Waals surface area contributed by atoms with Gasteiger partial charge in [0.05, 0.1) is 0 Å². The summed E-state index contributed by atoms with van der Waals surface area (Å²) in [5.41, 5.74) is 1.06. The van der Waals surface area contributed by atoms with Crippen molar-refractivity contribution in [2.75, 3.05) is 33.2 Å². The molecule has 4 heterocycles. The summed E-state index contributed by atoms with van der Waals surface area (Å²) in [6.07, 6.45) is 7.27. The SMILES string of the molecule is CN1CCC[C@@H](c2nnc3n2CCN(C(=O)CCCc2ccccn2)CC3)C1. The number of amides is 1. The Bertz CT molecular complexity index is 789. The lowest BCUT2D eigenvalue weighted by Gasteiger charge is -2.29. The lowest BCUT2D eigenvalue weighted by atomic mass is 9.97. The maximum atomic E-state index is 12.7. The number of hydrogen-bond donors (Lipinski definition) is 0. The van der Waals surface area contributed by atoms with Gasteiger partial charge in [-0.05, 0) is 51.4 Å². The molecule has 1 amide bonds. The number of carbonyl (C=O) groups is 1. The summed E-state index contributed by atoms with van der Waals surface area (Å²) in [6.45, 7) is 4.52. The molecule has 28 heavy (non-hydrogen) atoms. The van der Waals surface area contributed by atoms with Crippen LogP contribution in [0.15, 0.2) is 24.4 Å². The van der Waals surface area contributed by atoms with Crippen molar-refractivity contribution in [3.8, 4) is 0 Å². The van der Waals surface area contributed by atoms with Crippen LogP contribution in [0.2, 0.25) is 0 Å². The van der Waals surface area contributed by atoms with E-state index in [9.17, 15) is 4.79 Å². The van der Waals surface area contributed by atoms with Crippen LogP contribution in [0.4, 0.5) is 0 Å². The van der Waals surface area contributed by atoms with Crippen LogP contribution in [0.3, 0.4) is 0 Å². The molecule has 1 saturated heterocycles. The van der Waals surface area contributed by atoms with Crippen LogP contribution in [0.25, 0.3) is 0 Å². The molecule has 0 radical (unpaired) electrons. The van der Waals surface area contributed by atoms with Gasteiger partial charge in [0.2, 0.25) is 5.91 Å². The van der Waals surface area contributed by atoms with E-state index in [4.69, 9.17) is 0 Å². The molecule has 0 saturated carbocycles. The molecule has 150 valence electrons. The average Bonchev–Trinajstić information content (AvgIpc) is 3.00. The molecule has 1 atom stereocenters. The average molecular weight is 383 g/mol. The van der Waals surface area contributed by atoms with Crippen molar-refractivity contribution in [1.29, 1.82) is 0 Å². The zero-order valence-electron chi connectivity index (χ0n) is 16.8. The monoisotopic (exact) mass is 382 g/mol. The molecule has 0 bridgehead atoms.